The molecule has 0 N–H and O–H groups in total. The predicted octanol–water partition coefficient (Wildman–Crippen LogP) is 6.90. The molecule has 2 fully saturated rings. The molecular formula is C28H38O3. The second-order valence-electron chi connectivity index (χ2n) is 9.22. The molecule has 6 atom stereocenters. The third-order valence-electron chi connectivity index (χ3n) is 7.05. The van der Waals surface area contributed by atoms with E-state index >= 15 is 0 Å². The van der Waals surface area contributed by atoms with Crippen LogP contribution in [0.3, 0.4) is 0 Å². The highest BCUT2D eigenvalue weighted by Gasteiger charge is 2.41. The van der Waals surface area contributed by atoms with E-state index in [-0.39, 0.29) is 0 Å². The van der Waals surface area contributed by atoms with Crippen molar-refractivity contribution in [1.82, 2.24) is 0 Å². The van der Waals surface area contributed by atoms with E-state index in [1.807, 2.05) is 0 Å². The summed E-state index contributed by atoms with van der Waals surface area (Å²) in [5, 5.41) is 0. The highest BCUT2D eigenvalue weighted by atomic mass is 16.6. The van der Waals surface area contributed by atoms with Crippen LogP contribution in [-0.2, 0) is 14.2 Å². The van der Waals surface area contributed by atoms with Gasteiger partial charge in [0.25, 0.3) is 0 Å². The molecule has 2 aliphatic rings. The molecule has 2 aromatic carbocycles. The van der Waals surface area contributed by atoms with Crippen LogP contribution in [0.5, 0.6) is 0 Å². The first-order valence-corrected chi connectivity index (χ1v) is 12.3. The van der Waals surface area contributed by atoms with E-state index in [2.05, 4.69) is 74.5 Å². The lowest BCUT2D eigenvalue weighted by molar-refractivity contribution is 0.102. The minimum Gasteiger partial charge on any atom is -0.381 e. The molecule has 0 spiro atoms. The van der Waals surface area contributed by atoms with Gasteiger partial charge in [-0.05, 0) is 48.6 Å². The first-order valence-electron chi connectivity index (χ1n) is 12.3. The van der Waals surface area contributed by atoms with Crippen LogP contribution in [0.1, 0.15) is 75.7 Å². The van der Waals surface area contributed by atoms with Gasteiger partial charge in [0.1, 0.15) is 12.2 Å². The maximum absolute atomic E-state index is 6.04. The standard InChI is InChI=1S/C28H38O3/c1-3-21(19-25-27(30-25)23-11-7-5-8-12-23)15-17-29-18-16-22(4-2)20-26-28(31-26)24-13-9-6-10-14-24/h5-14,21-22,25-28H,3-4,15-20H2,1-2H3. The van der Waals surface area contributed by atoms with Gasteiger partial charge in [0, 0.05) is 13.2 Å². The lowest BCUT2D eigenvalue weighted by atomic mass is 9.94. The van der Waals surface area contributed by atoms with Gasteiger partial charge < -0.3 is 14.2 Å². The van der Waals surface area contributed by atoms with Crippen LogP contribution in [0.4, 0.5) is 0 Å². The summed E-state index contributed by atoms with van der Waals surface area (Å²) < 4.78 is 17.9. The Hall–Kier alpha value is -1.68. The van der Waals surface area contributed by atoms with Gasteiger partial charge >= 0.3 is 0 Å². The van der Waals surface area contributed by atoms with Gasteiger partial charge in [-0.15, -0.1) is 0 Å². The molecule has 2 aromatic rings. The summed E-state index contributed by atoms with van der Waals surface area (Å²) in [6, 6.07) is 21.2. The topological polar surface area (TPSA) is 34.3 Å². The summed E-state index contributed by atoms with van der Waals surface area (Å²) in [6.07, 6.45) is 8.38. The summed E-state index contributed by atoms with van der Waals surface area (Å²) in [6.45, 7) is 6.31. The van der Waals surface area contributed by atoms with Crippen molar-refractivity contribution < 1.29 is 14.2 Å². The van der Waals surface area contributed by atoms with Crippen LogP contribution in [0.2, 0.25) is 0 Å². The van der Waals surface area contributed by atoms with E-state index in [0.717, 1.165) is 38.9 Å². The molecule has 2 saturated heterocycles. The van der Waals surface area contributed by atoms with Gasteiger partial charge in [-0.25, -0.2) is 0 Å². The van der Waals surface area contributed by atoms with E-state index in [1.165, 1.54) is 24.0 Å². The van der Waals surface area contributed by atoms with Crippen molar-refractivity contribution in [2.75, 3.05) is 13.2 Å². The zero-order valence-corrected chi connectivity index (χ0v) is 19.1. The average molecular weight is 423 g/mol. The van der Waals surface area contributed by atoms with Gasteiger partial charge in [0.05, 0.1) is 12.2 Å². The Balaban J connectivity index is 1.08. The van der Waals surface area contributed by atoms with E-state index in [4.69, 9.17) is 14.2 Å². The molecule has 0 amide bonds. The minimum absolute atomic E-state index is 0.311. The van der Waals surface area contributed by atoms with E-state index in [1.54, 1.807) is 0 Å². The first-order chi connectivity index (χ1) is 15.3. The molecule has 0 saturated carbocycles. The third kappa shape index (κ3) is 6.65. The van der Waals surface area contributed by atoms with Crippen LogP contribution in [0, 0.1) is 11.8 Å². The maximum atomic E-state index is 6.04. The van der Waals surface area contributed by atoms with Crippen LogP contribution in [0.25, 0.3) is 0 Å². The van der Waals surface area contributed by atoms with E-state index in [0.29, 0.717) is 36.3 Å². The molecule has 2 heterocycles. The normalized spacial score (nSPS) is 26.4. The third-order valence-corrected chi connectivity index (χ3v) is 7.05. The fourth-order valence-electron chi connectivity index (χ4n) is 4.75. The summed E-state index contributed by atoms with van der Waals surface area (Å²) in [5.41, 5.74) is 2.64. The molecule has 3 heteroatoms. The lowest BCUT2D eigenvalue weighted by Gasteiger charge is -2.16. The molecule has 168 valence electrons. The van der Waals surface area contributed by atoms with Crippen LogP contribution >= 0.6 is 0 Å². The van der Waals surface area contributed by atoms with Crippen molar-refractivity contribution in [2.24, 2.45) is 11.8 Å². The molecule has 0 aromatic heterocycles. The van der Waals surface area contributed by atoms with Gasteiger partial charge in [0.15, 0.2) is 0 Å². The Labute approximate surface area is 188 Å². The first kappa shape index (κ1) is 22.5. The number of epoxide rings is 2. The predicted molar refractivity (Wildman–Crippen MR) is 125 cm³/mol. The number of hydrogen-bond acceptors (Lipinski definition) is 3. The highest BCUT2D eigenvalue weighted by molar-refractivity contribution is 5.23. The fourth-order valence-corrected chi connectivity index (χ4v) is 4.75. The highest BCUT2D eigenvalue weighted by Crippen LogP contribution is 2.44. The molecule has 3 nitrogen and oxygen atoms in total. The second-order valence-corrected chi connectivity index (χ2v) is 9.22. The zero-order valence-electron chi connectivity index (χ0n) is 19.1. The largest absolute Gasteiger partial charge is 0.381 e. The van der Waals surface area contributed by atoms with Gasteiger partial charge in [-0.3, -0.25) is 0 Å². The zero-order chi connectivity index (χ0) is 21.5. The summed E-state index contributed by atoms with van der Waals surface area (Å²) >= 11 is 0. The number of ether oxygens (including phenoxy) is 3. The summed E-state index contributed by atoms with van der Waals surface area (Å²) in [5.74, 6) is 1.37. The Morgan fingerprint density at radius 2 is 1.10 bits per heavy atom. The van der Waals surface area contributed by atoms with Crippen molar-refractivity contribution in [1.29, 1.82) is 0 Å². The Morgan fingerprint density at radius 3 is 1.48 bits per heavy atom. The number of hydrogen-bond donors (Lipinski definition) is 0. The SMILES string of the molecule is CCC(CCOCCC(CC)CC1OC1c1ccccc1)CC1OC1c1ccccc1. The van der Waals surface area contributed by atoms with Crippen LogP contribution < -0.4 is 0 Å². The summed E-state index contributed by atoms with van der Waals surface area (Å²) in [4.78, 5) is 0. The monoisotopic (exact) mass is 422 g/mol. The Bertz CT molecular complexity index is 697. The van der Waals surface area contributed by atoms with Crippen LogP contribution in [-0.4, -0.2) is 25.4 Å². The molecule has 31 heavy (non-hydrogen) atoms. The fraction of sp³-hybridized carbons (Fsp3) is 0.571. The van der Waals surface area contributed by atoms with Crippen molar-refractivity contribution in [3.63, 3.8) is 0 Å². The summed E-state index contributed by atoms with van der Waals surface area (Å²) in [7, 11) is 0. The maximum Gasteiger partial charge on any atom is 0.109 e. The van der Waals surface area contributed by atoms with Crippen molar-refractivity contribution in [3.05, 3.63) is 71.8 Å². The molecule has 6 unspecified atom stereocenters. The number of benzene rings is 2. The molecule has 0 aliphatic carbocycles. The number of rotatable bonds is 14. The molecule has 2 aliphatic heterocycles. The van der Waals surface area contributed by atoms with Crippen molar-refractivity contribution in [2.45, 2.75) is 76.8 Å². The molecule has 4 rings (SSSR count). The molecular weight excluding hydrogens is 384 g/mol. The van der Waals surface area contributed by atoms with Crippen LogP contribution in [0.15, 0.2) is 60.7 Å². The van der Waals surface area contributed by atoms with Gasteiger partial charge in [0.2, 0.25) is 0 Å². The minimum atomic E-state index is 0.311. The van der Waals surface area contributed by atoms with Crippen molar-refractivity contribution >= 4 is 0 Å². The quantitative estimate of drug-likeness (QED) is 0.245. The van der Waals surface area contributed by atoms with Crippen molar-refractivity contribution in [3.8, 4) is 0 Å². The smallest absolute Gasteiger partial charge is 0.109 e. The molecule has 0 bridgehead atoms. The second kappa shape index (κ2) is 11.3. The lowest BCUT2D eigenvalue weighted by Crippen LogP contribution is -2.11. The Kier molecular flexibility index (Phi) is 8.18. The van der Waals surface area contributed by atoms with E-state index < -0.39 is 0 Å². The van der Waals surface area contributed by atoms with Gasteiger partial charge in [-0.1, -0.05) is 87.4 Å². The Morgan fingerprint density at radius 1 is 0.677 bits per heavy atom. The van der Waals surface area contributed by atoms with Gasteiger partial charge in [-0.2, -0.15) is 0 Å². The molecule has 0 radical (unpaired) electrons. The van der Waals surface area contributed by atoms with E-state index in [9.17, 15) is 0 Å². The average Bonchev–Trinajstić information content (AvgIpc) is 3.74.